The molecule has 0 amide bonds. The van der Waals surface area contributed by atoms with Crippen LogP contribution in [-0.2, 0) is 12.2 Å². The number of likely N-dealkylation sites (tertiary alicyclic amines) is 1. The third kappa shape index (κ3) is 4.67. The second-order valence-electron chi connectivity index (χ2n) is 8.79. The van der Waals surface area contributed by atoms with E-state index >= 15 is 0 Å². The second kappa shape index (κ2) is 9.74. The highest BCUT2D eigenvalue weighted by molar-refractivity contribution is 6.30. The number of ether oxygens (including phenoxy) is 2. The van der Waals surface area contributed by atoms with Crippen LogP contribution in [0.15, 0.2) is 60.9 Å². The molecule has 1 fully saturated rings. The Kier molecular flexibility index (Phi) is 6.55. The summed E-state index contributed by atoms with van der Waals surface area (Å²) in [5.41, 5.74) is 3.98. The van der Waals surface area contributed by atoms with Crippen molar-refractivity contribution in [2.24, 2.45) is 0 Å². The smallest absolute Gasteiger partial charge is 0.131 e. The fourth-order valence-electron chi connectivity index (χ4n) is 4.73. The van der Waals surface area contributed by atoms with E-state index in [-0.39, 0.29) is 0 Å². The van der Waals surface area contributed by atoms with E-state index in [1.807, 2.05) is 30.3 Å². The lowest BCUT2D eigenvalue weighted by Crippen LogP contribution is -2.43. The highest BCUT2D eigenvalue weighted by Gasteiger charge is 2.35. The topological polar surface area (TPSA) is 67.7 Å². The number of methoxy groups -OCH3 is 1. The minimum atomic E-state index is -0.891. The maximum Gasteiger partial charge on any atom is 0.131 e. The first kappa shape index (κ1) is 22.8. The number of benzene rings is 1. The Morgan fingerprint density at radius 2 is 2.00 bits per heavy atom. The number of hydrogen-bond acceptors (Lipinski definition) is 6. The van der Waals surface area contributed by atoms with Gasteiger partial charge in [-0.3, -0.25) is 9.97 Å². The van der Waals surface area contributed by atoms with Gasteiger partial charge in [-0.05, 0) is 61.2 Å². The largest absolute Gasteiger partial charge is 0.497 e. The summed E-state index contributed by atoms with van der Waals surface area (Å²) in [5.74, 6) is 1.63. The molecule has 34 heavy (non-hydrogen) atoms. The van der Waals surface area contributed by atoms with E-state index in [1.54, 1.807) is 25.6 Å². The number of nitrogens with zero attached hydrogens (tertiary/aromatic N) is 3. The van der Waals surface area contributed by atoms with Crippen LogP contribution in [0.3, 0.4) is 0 Å². The maximum absolute atomic E-state index is 11.1. The Balaban J connectivity index is 1.31. The molecule has 0 atom stereocenters. The molecule has 0 saturated carbocycles. The molecule has 0 unspecified atom stereocenters. The van der Waals surface area contributed by atoms with Gasteiger partial charge in [-0.15, -0.1) is 0 Å². The molecule has 3 aromatic rings. The average molecular weight is 478 g/mol. The summed E-state index contributed by atoms with van der Waals surface area (Å²) in [6.07, 6.45) is 7.86. The molecule has 2 aliphatic heterocycles. The number of halogens is 1. The van der Waals surface area contributed by atoms with Gasteiger partial charge >= 0.3 is 0 Å². The van der Waals surface area contributed by atoms with Gasteiger partial charge in [0.25, 0.3) is 0 Å². The van der Waals surface area contributed by atoms with Crippen molar-refractivity contribution in [3.63, 3.8) is 0 Å². The molecule has 0 aliphatic carbocycles. The molecular formula is C27H28ClN3O3. The van der Waals surface area contributed by atoms with Crippen LogP contribution in [0.25, 0.3) is 5.57 Å². The van der Waals surface area contributed by atoms with Gasteiger partial charge in [0.2, 0.25) is 0 Å². The van der Waals surface area contributed by atoms with E-state index in [9.17, 15) is 5.11 Å². The molecule has 1 saturated heterocycles. The first-order valence-electron chi connectivity index (χ1n) is 11.6. The van der Waals surface area contributed by atoms with Crippen LogP contribution in [0, 0.1) is 0 Å². The summed E-state index contributed by atoms with van der Waals surface area (Å²) in [6.45, 7) is 2.98. The van der Waals surface area contributed by atoms with Gasteiger partial charge in [0.05, 0.1) is 23.5 Å². The number of rotatable bonds is 5. The Morgan fingerprint density at radius 3 is 2.76 bits per heavy atom. The average Bonchev–Trinajstić information content (AvgIpc) is 3.02. The van der Waals surface area contributed by atoms with Crippen molar-refractivity contribution >= 4 is 17.2 Å². The summed E-state index contributed by atoms with van der Waals surface area (Å²) in [7, 11) is 1.68. The maximum atomic E-state index is 11.1. The third-order valence-electron chi connectivity index (χ3n) is 6.70. The molecule has 0 spiro atoms. The molecule has 2 aliphatic rings. The molecule has 1 aromatic carbocycles. The fourth-order valence-corrected chi connectivity index (χ4v) is 4.84. The minimum Gasteiger partial charge on any atom is -0.497 e. The summed E-state index contributed by atoms with van der Waals surface area (Å²) >= 11 is 5.95. The van der Waals surface area contributed by atoms with Crippen LogP contribution >= 0.6 is 11.6 Å². The lowest BCUT2D eigenvalue weighted by atomic mass is 9.87. The zero-order chi connectivity index (χ0) is 23.5. The Bertz CT molecular complexity index is 1190. The van der Waals surface area contributed by atoms with Crippen molar-refractivity contribution in [1.29, 1.82) is 0 Å². The highest BCUT2D eigenvalue weighted by Crippen LogP contribution is 2.38. The van der Waals surface area contributed by atoms with Gasteiger partial charge in [0.1, 0.15) is 23.7 Å². The van der Waals surface area contributed by atoms with Crippen molar-refractivity contribution in [1.82, 2.24) is 14.9 Å². The van der Waals surface area contributed by atoms with Crippen LogP contribution in [0.2, 0.25) is 5.02 Å². The van der Waals surface area contributed by atoms with Gasteiger partial charge in [-0.2, -0.15) is 0 Å². The van der Waals surface area contributed by atoms with Crippen molar-refractivity contribution < 1.29 is 14.6 Å². The highest BCUT2D eigenvalue weighted by atomic mass is 35.5. The van der Waals surface area contributed by atoms with E-state index in [2.05, 4.69) is 27.0 Å². The van der Waals surface area contributed by atoms with Gasteiger partial charge in [0, 0.05) is 43.2 Å². The van der Waals surface area contributed by atoms with Crippen LogP contribution in [0.1, 0.15) is 41.8 Å². The van der Waals surface area contributed by atoms with Crippen LogP contribution in [0.5, 0.6) is 11.5 Å². The van der Waals surface area contributed by atoms with E-state index in [4.69, 9.17) is 21.1 Å². The molecule has 2 aromatic heterocycles. The van der Waals surface area contributed by atoms with E-state index in [0.717, 1.165) is 59.9 Å². The Labute approximate surface area is 204 Å². The zero-order valence-electron chi connectivity index (χ0n) is 19.2. The predicted molar refractivity (Wildman–Crippen MR) is 132 cm³/mol. The molecule has 5 rings (SSSR count). The van der Waals surface area contributed by atoms with Crippen molar-refractivity contribution in [3.05, 3.63) is 88.5 Å². The number of aromatic nitrogens is 2. The molecule has 0 radical (unpaired) electrons. The number of fused-ring (bicyclic) bond motifs is 2. The van der Waals surface area contributed by atoms with Gasteiger partial charge in [-0.1, -0.05) is 23.7 Å². The summed E-state index contributed by atoms with van der Waals surface area (Å²) in [4.78, 5) is 11.3. The molecule has 1 N–H and O–H groups in total. The lowest BCUT2D eigenvalue weighted by molar-refractivity contribution is -0.0288. The van der Waals surface area contributed by atoms with E-state index in [0.29, 0.717) is 30.2 Å². The second-order valence-corrected chi connectivity index (χ2v) is 9.23. The van der Waals surface area contributed by atoms with Crippen LogP contribution in [0.4, 0.5) is 0 Å². The quantitative estimate of drug-likeness (QED) is 0.567. The van der Waals surface area contributed by atoms with Crippen LogP contribution in [-0.4, -0.2) is 46.7 Å². The molecular weight excluding hydrogens is 450 g/mol. The molecule has 4 heterocycles. The van der Waals surface area contributed by atoms with E-state index in [1.165, 1.54) is 0 Å². The van der Waals surface area contributed by atoms with E-state index < -0.39 is 5.60 Å². The fraction of sp³-hybridized carbons (Fsp3) is 0.333. The Morgan fingerprint density at radius 1 is 1.15 bits per heavy atom. The number of aliphatic hydroxyl groups is 1. The lowest BCUT2D eigenvalue weighted by Gasteiger charge is -2.37. The SMILES string of the molecule is COc1ccc2c(c1)/C(=C/CCN1CCC(O)(c3ccc(Cl)cn3)CC1)c1cccnc1CO2. The first-order chi connectivity index (χ1) is 16.6. The standard InChI is InChI=1S/C27H28ClN3O3/c1-33-20-7-8-25-23(16-20)21(22-4-2-12-29-24(22)18-34-25)5-3-13-31-14-10-27(32,11-15-31)26-9-6-19(28)17-30-26/h2,4-9,12,16-17,32H,3,10-11,13-15,18H2,1H3/b21-5+. The van der Waals surface area contributed by atoms with Crippen molar-refractivity contribution in [2.75, 3.05) is 26.7 Å². The van der Waals surface area contributed by atoms with Crippen LogP contribution < -0.4 is 9.47 Å². The first-order valence-corrected chi connectivity index (χ1v) is 12.0. The minimum absolute atomic E-state index is 0.441. The third-order valence-corrected chi connectivity index (χ3v) is 6.93. The summed E-state index contributed by atoms with van der Waals surface area (Å²) in [6, 6.07) is 13.6. The molecule has 7 heteroatoms. The zero-order valence-corrected chi connectivity index (χ0v) is 20.0. The Hall–Kier alpha value is -2.93. The van der Waals surface area contributed by atoms with Gasteiger partial charge in [0.15, 0.2) is 0 Å². The summed E-state index contributed by atoms with van der Waals surface area (Å²) in [5, 5.41) is 11.7. The normalized spacial score (nSPS) is 18.5. The summed E-state index contributed by atoms with van der Waals surface area (Å²) < 4.78 is 11.5. The number of pyridine rings is 2. The predicted octanol–water partition coefficient (Wildman–Crippen LogP) is 4.84. The molecule has 6 nitrogen and oxygen atoms in total. The molecule has 176 valence electrons. The van der Waals surface area contributed by atoms with Gasteiger partial charge in [-0.25, -0.2) is 0 Å². The number of hydrogen-bond donors (Lipinski definition) is 1. The van der Waals surface area contributed by atoms with Gasteiger partial charge < -0.3 is 19.5 Å². The monoisotopic (exact) mass is 477 g/mol. The van der Waals surface area contributed by atoms with Crippen molar-refractivity contribution in [3.8, 4) is 11.5 Å². The number of piperidine rings is 1. The van der Waals surface area contributed by atoms with Crippen molar-refractivity contribution in [2.45, 2.75) is 31.5 Å². The molecule has 0 bridgehead atoms.